The number of nitrogens with zero attached hydrogens (tertiary/aromatic N) is 2. The largest absolute Gasteiger partial charge is 0.378 e. The van der Waals surface area contributed by atoms with Gasteiger partial charge in [-0.25, -0.2) is 0 Å². The quantitative estimate of drug-likeness (QED) is 0.904. The summed E-state index contributed by atoms with van der Waals surface area (Å²) < 4.78 is 0. The molecule has 1 aliphatic rings. The normalized spacial score (nSPS) is 15.8. The van der Waals surface area contributed by atoms with E-state index in [0.29, 0.717) is 6.04 Å². The molecule has 0 unspecified atom stereocenters. The molecule has 0 atom stereocenters. The fourth-order valence-corrected chi connectivity index (χ4v) is 2.88. The lowest BCUT2D eigenvalue weighted by molar-refractivity contribution is 0.0642. The van der Waals surface area contributed by atoms with Crippen LogP contribution in [0.1, 0.15) is 36.5 Å². The van der Waals surface area contributed by atoms with Gasteiger partial charge in [0.1, 0.15) is 0 Å². The highest BCUT2D eigenvalue weighted by molar-refractivity contribution is 5.94. The molecule has 116 valence electrons. The minimum Gasteiger partial charge on any atom is -0.378 e. The smallest absolute Gasteiger partial charge is 0.254 e. The average Bonchev–Trinajstić information content (AvgIpc) is 2.53. The van der Waals surface area contributed by atoms with Crippen molar-refractivity contribution in [3.63, 3.8) is 0 Å². The van der Waals surface area contributed by atoms with Crippen molar-refractivity contribution in [1.82, 2.24) is 10.2 Å². The highest BCUT2D eigenvalue weighted by atomic mass is 16.2. The van der Waals surface area contributed by atoms with Crippen LogP contribution in [0.15, 0.2) is 24.3 Å². The Labute approximate surface area is 128 Å². The van der Waals surface area contributed by atoms with E-state index in [9.17, 15) is 4.79 Å². The maximum Gasteiger partial charge on any atom is 0.254 e. The van der Waals surface area contributed by atoms with Gasteiger partial charge in [-0.1, -0.05) is 6.92 Å². The molecule has 0 aromatic heterocycles. The molecular weight excluding hydrogens is 262 g/mol. The Kier molecular flexibility index (Phi) is 5.62. The predicted molar refractivity (Wildman–Crippen MR) is 88.0 cm³/mol. The summed E-state index contributed by atoms with van der Waals surface area (Å²) in [5.74, 6) is 0.175. The molecule has 1 aromatic rings. The van der Waals surface area contributed by atoms with Gasteiger partial charge in [0.05, 0.1) is 0 Å². The van der Waals surface area contributed by atoms with Crippen LogP contribution in [0.5, 0.6) is 0 Å². The molecule has 4 heteroatoms. The Bertz CT molecular complexity index is 450. The van der Waals surface area contributed by atoms with Crippen molar-refractivity contribution < 1.29 is 4.79 Å². The first-order valence-electron chi connectivity index (χ1n) is 7.92. The lowest BCUT2D eigenvalue weighted by atomic mass is 10.0. The van der Waals surface area contributed by atoms with Gasteiger partial charge in [-0.05, 0) is 56.6 Å². The first kappa shape index (κ1) is 15.8. The zero-order chi connectivity index (χ0) is 15.2. The maximum absolute atomic E-state index is 12.8. The minimum atomic E-state index is 0.175. The molecule has 1 aromatic carbocycles. The minimum absolute atomic E-state index is 0.175. The molecule has 1 N–H and O–H groups in total. The van der Waals surface area contributed by atoms with E-state index in [2.05, 4.69) is 17.1 Å². The Hall–Kier alpha value is -1.55. The first-order valence-corrected chi connectivity index (χ1v) is 7.92. The van der Waals surface area contributed by atoms with Crippen molar-refractivity contribution in [2.75, 3.05) is 38.6 Å². The molecule has 4 nitrogen and oxygen atoms in total. The maximum atomic E-state index is 12.8. The van der Waals surface area contributed by atoms with Gasteiger partial charge >= 0.3 is 0 Å². The molecule has 1 heterocycles. The number of amides is 1. The van der Waals surface area contributed by atoms with E-state index in [0.717, 1.165) is 50.1 Å². The zero-order valence-electron chi connectivity index (χ0n) is 13.4. The molecule has 0 radical (unpaired) electrons. The van der Waals surface area contributed by atoms with Crippen LogP contribution in [0.2, 0.25) is 0 Å². The molecule has 1 amide bonds. The number of carbonyl (C=O) groups is 1. The van der Waals surface area contributed by atoms with Crippen LogP contribution in [-0.4, -0.2) is 50.6 Å². The van der Waals surface area contributed by atoms with Crippen molar-refractivity contribution in [3.05, 3.63) is 29.8 Å². The standard InChI is InChI=1S/C17H27N3O/c1-4-13-20(16-9-11-18-12-10-16)17(21)14-5-7-15(8-6-14)19(2)3/h5-8,16,18H,4,9-13H2,1-3H3. The number of carbonyl (C=O) groups excluding carboxylic acids is 1. The van der Waals surface area contributed by atoms with E-state index in [1.165, 1.54) is 0 Å². The second-order valence-electron chi connectivity index (χ2n) is 5.92. The van der Waals surface area contributed by atoms with Crippen LogP contribution in [0, 0.1) is 0 Å². The summed E-state index contributed by atoms with van der Waals surface area (Å²) >= 11 is 0. The average molecular weight is 289 g/mol. The molecule has 0 saturated carbocycles. The van der Waals surface area contributed by atoms with Crippen LogP contribution < -0.4 is 10.2 Å². The fraction of sp³-hybridized carbons (Fsp3) is 0.588. The van der Waals surface area contributed by atoms with Crippen molar-refractivity contribution in [1.29, 1.82) is 0 Å². The van der Waals surface area contributed by atoms with E-state index in [4.69, 9.17) is 0 Å². The number of hydrogen-bond donors (Lipinski definition) is 1. The molecule has 1 fully saturated rings. The third-order valence-corrected chi connectivity index (χ3v) is 4.11. The third-order valence-electron chi connectivity index (χ3n) is 4.11. The molecule has 0 spiro atoms. The number of benzene rings is 1. The topological polar surface area (TPSA) is 35.6 Å². The number of nitrogens with one attached hydrogen (secondary N) is 1. The summed E-state index contributed by atoms with van der Waals surface area (Å²) in [6.45, 7) is 5.00. The van der Waals surface area contributed by atoms with Gasteiger partial charge in [0.15, 0.2) is 0 Å². The monoisotopic (exact) mass is 289 g/mol. The van der Waals surface area contributed by atoms with Crippen LogP contribution in [0.25, 0.3) is 0 Å². The highest BCUT2D eigenvalue weighted by Gasteiger charge is 2.25. The number of piperidine rings is 1. The second kappa shape index (κ2) is 7.46. The summed E-state index contributed by atoms with van der Waals surface area (Å²) in [4.78, 5) is 16.9. The SMILES string of the molecule is CCCN(C(=O)c1ccc(N(C)C)cc1)C1CCNCC1. The summed E-state index contributed by atoms with van der Waals surface area (Å²) in [5.41, 5.74) is 1.92. The summed E-state index contributed by atoms with van der Waals surface area (Å²) in [6.07, 6.45) is 3.12. The molecule has 1 aliphatic heterocycles. The van der Waals surface area contributed by atoms with Crippen molar-refractivity contribution in [2.24, 2.45) is 0 Å². The van der Waals surface area contributed by atoms with Gasteiger partial charge in [-0.3, -0.25) is 4.79 Å². The van der Waals surface area contributed by atoms with Crippen LogP contribution in [0.4, 0.5) is 5.69 Å². The van der Waals surface area contributed by atoms with Gasteiger partial charge in [0, 0.05) is 37.9 Å². The van der Waals surface area contributed by atoms with Crippen molar-refractivity contribution >= 4 is 11.6 Å². The van der Waals surface area contributed by atoms with Crippen molar-refractivity contribution in [2.45, 2.75) is 32.2 Å². The van der Waals surface area contributed by atoms with Gasteiger partial charge in [-0.2, -0.15) is 0 Å². The Balaban J connectivity index is 2.13. The molecule has 2 rings (SSSR count). The van der Waals surface area contributed by atoms with Gasteiger partial charge in [-0.15, -0.1) is 0 Å². The molecule has 0 aliphatic carbocycles. The van der Waals surface area contributed by atoms with E-state index >= 15 is 0 Å². The summed E-state index contributed by atoms with van der Waals surface area (Å²) in [6, 6.07) is 8.30. The van der Waals surface area contributed by atoms with E-state index in [-0.39, 0.29) is 5.91 Å². The van der Waals surface area contributed by atoms with Gasteiger partial charge in [0.25, 0.3) is 5.91 Å². The Morgan fingerprint density at radius 3 is 2.33 bits per heavy atom. The van der Waals surface area contributed by atoms with E-state index in [1.807, 2.05) is 43.3 Å². The molecule has 1 saturated heterocycles. The predicted octanol–water partition coefficient (Wildman–Crippen LogP) is 2.36. The number of anilines is 1. The van der Waals surface area contributed by atoms with Crippen LogP contribution in [0.3, 0.4) is 0 Å². The molecular formula is C17H27N3O. The van der Waals surface area contributed by atoms with E-state index < -0.39 is 0 Å². The Morgan fingerprint density at radius 1 is 1.19 bits per heavy atom. The highest BCUT2D eigenvalue weighted by Crippen LogP contribution is 2.18. The van der Waals surface area contributed by atoms with Crippen LogP contribution in [-0.2, 0) is 0 Å². The zero-order valence-corrected chi connectivity index (χ0v) is 13.4. The van der Waals surface area contributed by atoms with Gasteiger partial charge in [0.2, 0.25) is 0 Å². The lowest BCUT2D eigenvalue weighted by Gasteiger charge is -2.34. The number of hydrogen-bond acceptors (Lipinski definition) is 3. The number of rotatable bonds is 5. The summed E-state index contributed by atoms with van der Waals surface area (Å²) in [7, 11) is 4.02. The first-order chi connectivity index (χ1) is 10.1. The Morgan fingerprint density at radius 2 is 1.81 bits per heavy atom. The molecule has 21 heavy (non-hydrogen) atoms. The van der Waals surface area contributed by atoms with Crippen LogP contribution >= 0.6 is 0 Å². The summed E-state index contributed by atoms with van der Waals surface area (Å²) in [5, 5.41) is 3.37. The third kappa shape index (κ3) is 3.97. The van der Waals surface area contributed by atoms with Crippen molar-refractivity contribution in [3.8, 4) is 0 Å². The van der Waals surface area contributed by atoms with Gasteiger partial charge < -0.3 is 15.1 Å². The van der Waals surface area contributed by atoms with E-state index in [1.54, 1.807) is 0 Å². The lowest BCUT2D eigenvalue weighted by Crippen LogP contribution is -2.46. The fourth-order valence-electron chi connectivity index (χ4n) is 2.88. The molecule has 0 bridgehead atoms. The second-order valence-corrected chi connectivity index (χ2v) is 5.92.